The Morgan fingerprint density at radius 1 is 1.62 bits per heavy atom. The minimum absolute atomic E-state index is 0.00569. The Morgan fingerprint density at radius 2 is 2.38 bits per heavy atom. The summed E-state index contributed by atoms with van der Waals surface area (Å²) >= 11 is 0. The quantitative estimate of drug-likeness (QED) is 0.623. The van der Waals surface area contributed by atoms with E-state index in [1.54, 1.807) is 0 Å². The van der Waals surface area contributed by atoms with Crippen molar-refractivity contribution in [1.29, 1.82) is 0 Å². The largest absolute Gasteiger partial charge is 0.469 e. The lowest BCUT2D eigenvalue weighted by molar-refractivity contribution is -0.145. The highest BCUT2D eigenvalue weighted by Crippen LogP contribution is 2.20. The van der Waals surface area contributed by atoms with E-state index in [0.29, 0.717) is 5.92 Å². The first kappa shape index (κ1) is 10.0. The summed E-state index contributed by atoms with van der Waals surface area (Å²) in [5, 5.41) is 0. The second-order valence-corrected chi connectivity index (χ2v) is 3.47. The zero-order valence-corrected chi connectivity index (χ0v) is 8.19. The zero-order valence-electron chi connectivity index (χ0n) is 8.19. The predicted molar refractivity (Wildman–Crippen MR) is 52.2 cm³/mol. The SMILES string of the molecule is COC(=O)[C@@H](C)CC1C=CC=CC1. The number of ether oxygens (including phenoxy) is 1. The maximum absolute atomic E-state index is 11.1. The Morgan fingerprint density at radius 3 is 2.92 bits per heavy atom. The predicted octanol–water partition coefficient (Wildman–Crippen LogP) is 2.32. The van der Waals surface area contributed by atoms with Crippen molar-refractivity contribution >= 4 is 5.97 Å². The molecule has 0 N–H and O–H groups in total. The number of esters is 1. The molecule has 0 bridgehead atoms. The Labute approximate surface area is 79.3 Å². The molecule has 0 amide bonds. The van der Waals surface area contributed by atoms with Crippen molar-refractivity contribution in [2.24, 2.45) is 11.8 Å². The van der Waals surface area contributed by atoms with E-state index in [2.05, 4.69) is 16.9 Å². The number of hydrogen-bond acceptors (Lipinski definition) is 2. The third kappa shape index (κ3) is 3.05. The van der Waals surface area contributed by atoms with Gasteiger partial charge in [0.05, 0.1) is 13.0 Å². The molecular formula is C11H16O2. The lowest BCUT2D eigenvalue weighted by Gasteiger charge is -2.16. The molecule has 0 aromatic heterocycles. The van der Waals surface area contributed by atoms with Crippen molar-refractivity contribution in [3.63, 3.8) is 0 Å². The maximum Gasteiger partial charge on any atom is 0.308 e. The van der Waals surface area contributed by atoms with Crippen molar-refractivity contribution in [1.82, 2.24) is 0 Å². The molecule has 0 aliphatic heterocycles. The van der Waals surface area contributed by atoms with Crippen molar-refractivity contribution < 1.29 is 9.53 Å². The fourth-order valence-corrected chi connectivity index (χ4v) is 1.56. The summed E-state index contributed by atoms with van der Waals surface area (Å²) in [5.74, 6) is 0.396. The summed E-state index contributed by atoms with van der Waals surface area (Å²) in [4.78, 5) is 11.1. The van der Waals surface area contributed by atoms with E-state index in [1.807, 2.05) is 19.1 Å². The van der Waals surface area contributed by atoms with Crippen LogP contribution in [0.15, 0.2) is 24.3 Å². The lowest BCUT2D eigenvalue weighted by Crippen LogP contribution is -2.16. The van der Waals surface area contributed by atoms with Crippen LogP contribution in [0.4, 0.5) is 0 Å². The Kier molecular flexibility index (Phi) is 3.74. The molecule has 0 heterocycles. The molecule has 1 aliphatic carbocycles. The standard InChI is InChI=1S/C11H16O2/c1-9(11(12)13-2)8-10-6-4-3-5-7-10/h3-6,9-10H,7-8H2,1-2H3/t9-,10?/m0/s1. The van der Waals surface area contributed by atoms with Gasteiger partial charge in [-0.3, -0.25) is 4.79 Å². The molecule has 1 unspecified atom stereocenters. The van der Waals surface area contributed by atoms with Crippen LogP contribution in [0.5, 0.6) is 0 Å². The Hall–Kier alpha value is -1.05. The molecule has 1 aliphatic rings. The molecule has 0 aromatic rings. The average molecular weight is 180 g/mol. The minimum atomic E-state index is -0.108. The van der Waals surface area contributed by atoms with E-state index in [0.717, 1.165) is 12.8 Å². The van der Waals surface area contributed by atoms with E-state index in [4.69, 9.17) is 0 Å². The van der Waals surface area contributed by atoms with Crippen LogP contribution in [0.2, 0.25) is 0 Å². The molecule has 0 radical (unpaired) electrons. The molecule has 1 rings (SSSR count). The van der Waals surface area contributed by atoms with Gasteiger partial charge < -0.3 is 4.74 Å². The number of methoxy groups -OCH3 is 1. The molecule has 0 saturated carbocycles. The van der Waals surface area contributed by atoms with Crippen LogP contribution in [0, 0.1) is 11.8 Å². The molecule has 0 fully saturated rings. The highest BCUT2D eigenvalue weighted by molar-refractivity contribution is 5.71. The summed E-state index contributed by atoms with van der Waals surface area (Å²) in [7, 11) is 1.44. The van der Waals surface area contributed by atoms with Crippen molar-refractivity contribution in [3.05, 3.63) is 24.3 Å². The third-order valence-electron chi connectivity index (χ3n) is 2.33. The third-order valence-corrected chi connectivity index (χ3v) is 2.33. The summed E-state index contributed by atoms with van der Waals surface area (Å²) < 4.78 is 4.67. The maximum atomic E-state index is 11.1. The van der Waals surface area contributed by atoms with Gasteiger partial charge in [-0.05, 0) is 18.8 Å². The van der Waals surface area contributed by atoms with Gasteiger partial charge in [0.15, 0.2) is 0 Å². The molecule has 13 heavy (non-hydrogen) atoms. The van der Waals surface area contributed by atoms with Gasteiger partial charge in [-0.25, -0.2) is 0 Å². The van der Waals surface area contributed by atoms with Crippen LogP contribution >= 0.6 is 0 Å². The molecule has 72 valence electrons. The smallest absolute Gasteiger partial charge is 0.308 e. The van der Waals surface area contributed by atoms with Crippen LogP contribution in [-0.2, 0) is 9.53 Å². The van der Waals surface area contributed by atoms with Gasteiger partial charge in [0.1, 0.15) is 0 Å². The minimum Gasteiger partial charge on any atom is -0.469 e. The summed E-state index contributed by atoms with van der Waals surface area (Å²) in [6.07, 6.45) is 10.3. The highest BCUT2D eigenvalue weighted by Gasteiger charge is 2.17. The van der Waals surface area contributed by atoms with E-state index in [9.17, 15) is 4.79 Å². The fraction of sp³-hybridized carbons (Fsp3) is 0.545. The monoisotopic (exact) mass is 180 g/mol. The van der Waals surface area contributed by atoms with Gasteiger partial charge in [0.25, 0.3) is 0 Å². The number of allylic oxidation sites excluding steroid dienone is 4. The van der Waals surface area contributed by atoms with E-state index < -0.39 is 0 Å². The second-order valence-electron chi connectivity index (χ2n) is 3.47. The Balaban J connectivity index is 2.36. The van der Waals surface area contributed by atoms with Gasteiger partial charge >= 0.3 is 5.97 Å². The van der Waals surface area contributed by atoms with Gasteiger partial charge in [0, 0.05) is 0 Å². The topological polar surface area (TPSA) is 26.3 Å². The van der Waals surface area contributed by atoms with Crippen molar-refractivity contribution in [2.45, 2.75) is 19.8 Å². The number of hydrogen-bond donors (Lipinski definition) is 0. The highest BCUT2D eigenvalue weighted by atomic mass is 16.5. The molecule has 0 spiro atoms. The van der Waals surface area contributed by atoms with E-state index >= 15 is 0 Å². The zero-order chi connectivity index (χ0) is 9.68. The molecule has 2 atom stereocenters. The number of rotatable bonds is 3. The lowest BCUT2D eigenvalue weighted by atomic mass is 9.91. The van der Waals surface area contributed by atoms with Crippen molar-refractivity contribution in [2.75, 3.05) is 7.11 Å². The van der Waals surface area contributed by atoms with Crippen LogP contribution in [-0.4, -0.2) is 13.1 Å². The van der Waals surface area contributed by atoms with E-state index in [-0.39, 0.29) is 11.9 Å². The van der Waals surface area contributed by atoms with Crippen LogP contribution in [0.25, 0.3) is 0 Å². The average Bonchev–Trinajstić information content (AvgIpc) is 2.18. The first-order valence-corrected chi connectivity index (χ1v) is 4.65. The van der Waals surface area contributed by atoms with Gasteiger partial charge in [0.2, 0.25) is 0 Å². The van der Waals surface area contributed by atoms with Crippen LogP contribution < -0.4 is 0 Å². The molecule has 0 saturated heterocycles. The van der Waals surface area contributed by atoms with E-state index in [1.165, 1.54) is 7.11 Å². The fourth-order valence-electron chi connectivity index (χ4n) is 1.56. The molecule has 2 nitrogen and oxygen atoms in total. The number of carbonyl (C=O) groups is 1. The molecular weight excluding hydrogens is 164 g/mol. The number of carbonyl (C=O) groups excluding carboxylic acids is 1. The molecule has 2 heteroatoms. The van der Waals surface area contributed by atoms with Crippen LogP contribution in [0.1, 0.15) is 19.8 Å². The van der Waals surface area contributed by atoms with Gasteiger partial charge in [-0.1, -0.05) is 31.2 Å². The summed E-state index contributed by atoms with van der Waals surface area (Å²) in [6.45, 7) is 1.91. The van der Waals surface area contributed by atoms with Crippen molar-refractivity contribution in [3.8, 4) is 0 Å². The second kappa shape index (κ2) is 4.85. The first-order chi connectivity index (χ1) is 6.24. The van der Waals surface area contributed by atoms with Gasteiger partial charge in [-0.2, -0.15) is 0 Å². The summed E-state index contributed by atoms with van der Waals surface area (Å²) in [5.41, 5.74) is 0. The summed E-state index contributed by atoms with van der Waals surface area (Å²) in [6, 6.07) is 0. The first-order valence-electron chi connectivity index (χ1n) is 4.65. The molecule has 0 aromatic carbocycles. The normalized spacial score (nSPS) is 22.8. The van der Waals surface area contributed by atoms with Gasteiger partial charge in [-0.15, -0.1) is 0 Å². The Bertz CT molecular complexity index is 228. The van der Waals surface area contributed by atoms with Crippen LogP contribution in [0.3, 0.4) is 0 Å².